The average molecular weight is 308 g/mol. The second kappa shape index (κ2) is 6.84. The quantitative estimate of drug-likeness (QED) is 0.852. The molecule has 0 atom stereocenters. The number of hydrogen-bond donors (Lipinski definition) is 2. The van der Waals surface area contributed by atoms with Gasteiger partial charge in [0.05, 0.1) is 12.7 Å². The van der Waals surface area contributed by atoms with Crippen LogP contribution in [0.3, 0.4) is 0 Å². The Kier molecular flexibility index (Phi) is 4.88. The van der Waals surface area contributed by atoms with Gasteiger partial charge in [-0.1, -0.05) is 11.3 Å². The van der Waals surface area contributed by atoms with Gasteiger partial charge in [-0.05, 0) is 11.4 Å². The Bertz CT molecular complexity index is 607. The molecule has 0 aromatic carbocycles. The van der Waals surface area contributed by atoms with E-state index in [1.54, 1.807) is 25.4 Å². The minimum absolute atomic E-state index is 0.0518. The monoisotopic (exact) mass is 308 g/mol. The zero-order valence-electron chi connectivity index (χ0n) is 11.7. The van der Waals surface area contributed by atoms with Crippen molar-refractivity contribution in [2.24, 2.45) is 0 Å². The van der Waals surface area contributed by atoms with Crippen molar-refractivity contribution in [3.63, 3.8) is 0 Å². The third-order valence-electron chi connectivity index (χ3n) is 2.53. The van der Waals surface area contributed by atoms with Gasteiger partial charge >= 0.3 is 6.03 Å². The van der Waals surface area contributed by atoms with E-state index in [0.29, 0.717) is 12.4 Å². The first-order valence-electron chi connectivity index (χ1n) is 6.22. The second-order valence-electron chi connectivity index (χ2n) is 4.48. The van der Waals surface area contributed by atoms with Gasteiger partial charge in [-0.15, -0.1) is 16.4 Å². The smallest absolute Gasteiger partial charge is 0.322 e. The van der Waals surface area contributed by atoms with Gasteiger partial charge in [-0.2, -0.15) is 0 Å². The molecule has 3 amide bonds. The van der Waals surface area contributed by atoms with Gasteiger partial charge in [-0.3, -0.25) is 10.1 Å². The summed E-state index contributed by atoms with van der Waals surface area (Å²) in [6.45, 7) is 0.547. The minimum atomic E-state index is -0.302. The van der Waals surface area contributed by atoms with Crippen molar-refractivity contribution in [2.45, 2.75) is 13.1 Å². The molecule has 112 valence electrons. The molecule has 0 spiro atoms. The van der Waals surface area contributed by atoms with Crippen molar-refractivity contribution in [3.05, 3.63) is 28.6 Å². The summed E-state index contributed by atoms with van der Waals surface area (Å²) in [5.74, 6) is 0.138. The first kappa shape index (κ1) is 15.0. The Morgan fingerprint density at radius 2 is 2.24 bits per heavy atom. The highest BCUT2D eigenvalue weighted by molar-refractivity contribution is 7.09. The lowest BCUT2D eigenvalue weighted by molar-refractivity contribution is -0.122. The lowest BCUT2D eigenvalue weighted by Gasteiger charge is -2.09. The summed E-state index contributed by atoms with van der Waals surface area (Å²) >= 11 is 1.58. The van der Waals surface area contributed by atoms with E-state index >= 15 is 0 Å². The van der Waals surface area contributed by atoms with Crippen LogP contribution in [0.5, 0.6) is 0 Å². The van der Waals surface area contributed by atoms with Crippen molar-refractivity contribution >= 4 is 29.1 Å². The van der Waals surface area contributed by atoms with Gasteiger partial charge in [0.2, 0.25) is 5.91 Å². The summed E-state index contributed by atoms with van der Waals surface area (Å²) < 4.78 is 1.37. The third-order valence-corrected chi connectivity index (χ3v) is 3.40. The summed E-state index contributed by atoms with van der Waals surface area (Å²) in [5.41, 5.74) is 0. The maximum atomic E-state index is 11.8. The number of carbonyl (C=O) groups is 2. The Hall–Kier alpha value is -2.42. The van der Waals surface area contributed by atoms with Crippen LogP contribution in [-0.4, -0.2) is 45.9 Å². The Morgan fingerprint density at radius 1 is 1.43 bits per heavy atom. The van der Waals surface area contributed by atoms with Crippen LogP contribution in [0.4, 0.5) is 10.6 Å². The molecular formula is C12H16N6O2S. The lowest BCUT2D eigenvalue weighted by Crippen LogP contribution is -2.27. The van der Waals surface area contributed by atoms with Crippen LogP contribution in [0.1, 0.15) is 4.88 Å². The molecule has 0 unspecified atom stereocenters. The number of rotatable bonds is 5. The summed E-state index contributed by atoms with van der Waals surface area (Å²) in [5, 5.41) is 14.9. The SMILES string of the molecule is CN(C)C(=O)Nc1cn(CC(=O)NCc2cccs2)nn1. The fourth-order valence-electron chi connectivity index (χ4n) is 1.46. The number of thiophene rings is 1. The molecule has 0 aliphatic rings. The zero-order valence-corrected chi connectivity index (χ0v) is 12.6. The van der Waals surface area contributed by atoms with Gasteiger partial charge in [0.25, 0.3) is 0 Å². The summed E-state index contributed by atoms with van der Waals surface area (Å²) in [6, 6.07) is 3.59. The number of carbonyl (C=O) groups excluding carboxylic acids is 2. The van der Waals surface area contributed by atoms with Gasteiger partial charge in [0.1, 0.15) is 6.54 Å². The van der Waals surface area contributed by atoms with E-state index in [9.17, 15) is 9.59 Å². The topological polar surface area (TPSA) is 92.2 Å². The Balaban J connectivity index is 1.81. The molecule has 0 saturated heterocycles. The highest BCUT2D eigenvalue weighted by Crippen LogP contribution is 2.07. The molecule has 2 rings (SSSR count). The van der Waals surface area contributed by atoms with E-state index in [4.69, 9.17) is 0 Å². The third kappa shape index (κ3) is 4.56. The molecule has 0 aliphatic carbocycles. The number of urea groups is 1. The molecular weight excluding hydrogens is 292 g/mol. The number of amides is 3. The van der Waals surface area contributed by atoms with Crippen molar-refractivity contribution in [1.82, 2.24) is 25.2 Å². The normalized spacial score (nSPS) is 10.2. The molecule has 8 nitrogen and oxygen atoms in total. The van der Waals surface area contributed by atoms with Crippen molar-refractivity contribution in [1.29, 1.82) is 0 Å². The molecule has 2 aromatic heterocycles. The van der Waals surface area contributed by atoms with Gasteiger partial charge in [0, 0.05) is 19.0 Å². The van der Waals surface area contributed by atoms with Crippen molar-refractivity contribution < 1.29 is 9.59 Å². The molecule has 2 N–H and O–H groups in total. The first-order valence-corrected chi connectivity index (χ1v) is 7.10. The maximum absolute atomic E-state index is 11.8. The predicted octanol–water partition coefficient (Wildman–Crippen LogP) is 0.749. The number of hydrogen-bond acceptors (Lipinski definition) is 5. The minimum Gasteiger partial charge on any atom is -0.350 e. The van der Waals surface area contributed by atoms with Crippen LogP contribution in [0.2, 0.25) is 0 Å². The molecule has 2 heterocycles. The maximum Gasteiger partial charge on any atom is 0.322 e. The van der Waals surface area contributed by atoms with E-state index in [-0.39, 0.29) is 18.5 Å². The molecule has 0 radical (unpaired) electrons. The summed E-state index contributed by atoms with van der Waals surface area (Å²) in [4.78, 5) is 25.7. The number of aromatic nitrogens is 3. The zero-order chi connectivity index (χ0) is 15.2. The van der Waals surface area contributed by atoms with Gasteiger partial charge in [-0.25, -0.2) is 9.48 Å². The molecule has 0 bridgehead atoms. The van der Waals surface area contributed by atoms with Gasteiger partial charge in [0.15, 0.2) is 5.82 Å². The molecule has 0 fully saturated rings. The van der Waals surface area contributed by atoms with E-state index in [1.807, 2.05) is 17.5 Å². The second-order valence-corrected chi connectivity index (χ2v) is 5.51. The number of nitrogens with zero attached hydrogens (tertiary/aromatic N) is 4. The van der Waals surface area contributed by atoms with Crippen molar-refractivity contribution in [3.8, 4) is 0 Å². The largest absolute Gasteiger partial charge is 0.350 e. The first-order chi connectivity index (χ1) is 10.0. The Morgan fingerprint density at radius 3 is 2.90 bits per heavy atom. The van der Waals surface area contributed by atoms with Crippen LogP contribution < -0.4 is 10.6 Å². The van der Waals surface area contributed by atoms with Crippen molar-refractivity contribution in [2.75, 3.05) is 19.4 Å². The summed E-state index contributed by atoms with van der Waals surface area (Å²) in [6.07, 6.45) is 1.51. The van der Waals surface area contributed by atoms with Crippen LogP contribution in [-0.2, 0) is 17.9 Å². The van der Waals surface area contributed by atoms with E-state index in [2.05, 4.69) is 20.9 Å². The average Bonchev–Trinajstić information content (AvgIpc) is 3.08. The van der Waals surface area contributed by atoms with Crippen LogP contribution >= 0.6 is 11.3 Å². The molecule has 21 heavy (non-hydrogen) atoms. The number of anilines is 1. The van der Waals surface area contributed by atoms with Crippen LogP contribution in [0.15, 0.2) is 23.7 Å². The van der Waals surface area contributed by atoms with E-state index in [0.717, 1.165) is 4.88 Å². The van der Waals surface area contributed by atoms with Crippen LogP contribution in [0.25, 0.3) is 0 Å². The molecule has 0 aliphatic heterocycles. The van der Waals surface area contributed by atoms with Crippen LogP contribution in [0, 0.1) is 0 Å². The molecule has 0 saturated carbocycles. The fraction of sp³-hybridized carbons (Fsp3) is 0.333. The fourth-order valence-corrected chi connectivity index (χ4v) is 2.10. The predicted molar refractivity (Wildman–Crippen MR) is 78.9 cm³/mol. The summed E-state index contributed by atoms with van der Waals surface area (Å²) in [7, 11) is 3.25. The Labute approximate surface area is 125 Å². The van der Waals surface area contributed by atoms with Gasteiger partial charge < -0.3 is 10.2 Å². The van der Waals surface area contributed by atoms with E-state index < -0.39 is 0 Å². The lowest BCUT2D eigenvalue weighted by atomic mass is 10.4. The number of nitrogens with one attached hydrogen (secondary N) is 2. The highest BCUT2D eigenvalue weighted by atomic mass is 32.1. The molecule has 9 heteroatoms. The molecule has 2 aromatic rings. The highest BCUT2D eigenvalue weighted by Gasteiger charge is 2.09. The standard InChI is InChI=1S/C12H16N6O2S/c1-17(2)12(20)14-10-7-18(16-15-10)8-11(19)13-6-9-4-3-5-21-9/h3-5,7H,6,8H2,1-2H3,(H,13,19)(H,14,20). The van der Waals surface area contributed by atoms with E-state index in [1.165, 1.54) is 15.8 Å².